The Labute approximate surface area is 124 Å². The summed E-state index contributed by atoms with van der Waals surface area (Å²) in [6.07, 6.45) is 1.24. The van der Waals surface area contributed by atoms with E-state index >= 15 is 0 Å². The Morgan fingerprint density at radius 3 is 3.10 bits per heavy atom. The van der Waals surface area contributed by atoms with Crippen LogP contribution in [0.15, 0.2) is 33.2 Å². The lowest BCUT2D eigenvalue weighted by molar-refractivity contribution is -0.380. The molecule has 3 aromatic heterocycles. The number of nitrogens with zero attached hydrogens (tertiary/aromatic N) is 6. The molecule has 20 heavy (non-hydrogen) atoms. The first-order chi connectivity index (χ1) is 9.72. The lowest BCUT2D eigenvalue weighted by Crippen LogP contribution is -2.02. The molecule has 3 aromatic rings. The highest BCUT2D eigenvalue weighted by Crippen LogP contribution is 2.33. The van der Waals surface area contributed by atoms with Gasteiger partial charge in [-0.05, 0) is 45.0 Å². The lowest BCUT2D eigenvalue weighted by atomic mass is 10.5. The average Bonchev–Trinajstić information content (AvgIpc) is 3.13. The molecular weight excluding hydrogens is 320 g/mol. The van der Waals surface area contributed by atoms with E-state index < -0.39 is 4.92 Å². The maximum absolute atomic E-state index is 10.6. The molecule has 3 heterocycles. The van der Waals surface area contributed by atoms with Gasteiger partial charge in [-0.2, -0.15) is 0 Å². The highest BCUT2D eigenvalue weighted by molar-refractivity contribution is 8.00. The standard InChI is InChI=1S/C9H6N6O2S3/c16-15(17)7-4-10-9(19-7)20-8-11-12-13-14(8)5-6-2-1-3-18-6/h1-4H,5H2. The third-order valence-electron chi connectivity index (χ3n) is 2.22. The second-order valence-electron chi connectivity index (χ2n) is 3.52. The van der Waals surface area contributed by atoms with E-state index in [9.17, 15) is 10.1 Å². The smallest absolute Gasteiger partial charge is 0.257 e. The average molecular weight is 326 g/mol. The number of thiophene rings is 1. The van der Waals surface area contributed by atoms with Gasteiger partial charge >= 0.3 is 5.00 Å². The Morgan fingerprint density at radius 2 is 2.40 bits per heavy atom. The van der Waals surface area contributed by atoms with Crippen molar-refractivity contribution in [3.63, 3.8) is 0 Å². The Morgan fingerprint density at radius 1 is 1.50 bits per heavy atom. The van der Waals surface area contributed by atoms with Crippen LogP contribution in [0.2, 0.25) is 0 Å². The van der Waals surface area contributed by atoms with E-state index in [0.717, 1.165) is 16.2 Å². The molecule has 8 nitrogen and oxygen atoms in total. The first kappa shape index (κ1) is 13.1. The van der Waals surface area contributed by atoms with Crippen LogP contribution in [0, 0.1) is 10.1 Å². The number of tetrazole rings is 1. The fraction of sp³-hybridized carbons (Fsp3) is 0.111. The zero-order chi connectivity index (χ0) is 13.9. The fourth-order valence-corrected chi connectivity index (χ4v) is 3.72. The van der Waals surface area contributed by atoms with Crippen LogP contribution in [0.3, 0.4) is 0 Å². The lowest BCUT2D eigenvalue weighted by Gasteiger charge is -1.99. The summed E-state index contributed by atoms with van der Waals surface area (Å²) in [4.78, 5) is 15.3. The van der Waals surface area contributed by atoms with Crippen molar-refractivity contribution < 1.29 is 4.92 Å². The SMILES string of the molecule is O=[N+]([O-])c1cnc(Sc2nnnn2Cc2cccs2)s1. The van der Waals surface area contributed by atoms with Gasteiger partial charge in [-0.15, -0.1) is 16.4 Å². The molecule has 0 aliphatic heterocycles. The first-order valence-corrected chi connectivity index (χ1v) is 7.80. The predicted molar refractivity (Wildman–Crippen MR) is 74.1 cm³/mol. The van der Waals surface area contributed by atoms with Gasteiger partial charge in [0.05, 0.1) is 11.5 Å². The van der Waals surface area contributed by atoms with Crippen LogP contribution >= 0.6 is 34.4 Å². The van der Waals surface area contributed by atoms with E-state index in [0.29, 0.717) is 16.0 Å². The van der Waals surface area contributed by atoms with Crippen LogP contribution in [0.25, 0.3) is 0 Å². The summed E-state index contributed by atoms with van der Waals surface area (Å²) in [7, 11) is 0. The monoisotopic (exact) mass is 326 g/mol. The van der Waals surface area contributed by atoms with Gasteiger partial charge in [0.25, 0.3) is 0 Å². The van der Waals surface area contributed by atoms with Crippen molar-refractivity contribution in [2.45, 2.75) is 16.0 Å². The van der Waals surface area contributed by atoms with Crippen LogP contribution in [-0.2, 0) is 6.54 Å². The minimum atomic E-state index is -0.462. The molecule has 0 aliphatic rings. The highest BCUT2D eigenvalue weighted by atomic mass is 32.2. The second-order valence-corrected chi connectivity index (χ2v) is 6.78. The van der Waals surface area contributed by atoms with E-state index in [1.165, 1.54) is 18.0 Å². The Kier molecular flexibility index (Phi) is 3.71. The summed E-state index contributed by atoms with van der Waals surface area (Å²) in [5, 5.41) is 24.6. The summed E-state index contributed by atoms with van der Waals surface area (Å²) < 4.78 is 2.18. The molecule has 0 N–H and O–H groups in total. The summed E-state index contributed by atoms with van der Waals surface area (Å²) in [6.45, 7) is 0.570. The van der Waals surface area contributed by atoms with Gasteiger partial charge in [0, 0.05) is 4.88 Å². The van der Waals surface area contributed by atoms with E-state index in [4.69, 9.17) is 0 Å². The fourth-order valence-electron chi connectivity index (χ4n) is 1.38. The summed E-state index contributed by atoms with van der Waals surface area (Å²) in [5.74, 6) is 0. The number of rotatable bonds is 5. The Hall–Kier alpha value is -1.85. The quantitative estimate of drug-likeness (QED) is 0.524. The van der Waals surface area contributed by atoms with Gasteiger partial charge in [-0.25, -0.2) is 9.67 Å². The molecule has 0 atom stereocenters. The molecule has 102 valence electrons. The van der Waals surface area contributed by atoms with E-state index in [1.807, 2.05) is 17.5 Å². The van der Waals surface area contributed by atoms with Crippen molar-refractivity contribution >= 4 is 39.4 Å². The molecule has 0 bridgehead atoms. The van der Waals surface area contributed by atoms with E-state index in [-0.39, 0.29) is 5.00 Å². The van der Waals surface area contributed by atoms with Crippen molar-refractivity contribution in [2.75, 3.05) is 0 Å². The van der Waals surface area contributed by atoms with Gasteiger partial charge in [0.15, 0.2) is 4.34 Å². The van der Waals surface area contributed by atoms with Gasteiger partial charge in [0.2, 0.25) is 5.16 Å². The molecule has 0 amide bonds. The molecular formula is C9H6N6O2S3. The van der Waals surface area contributed by atoms with Crippen molar-refractivity contribution in [2.24, 2.45) is 0 Å². The van der Waals surface area contributed by atoms with Crippen LogP contribution < -0.4 is 0 Å². The minimum Gasteiger partial charge on any atom is -0.257 e. The van der Waals surface area contributed by atoms with Crippen LogP contribution in [0.5, 0.6) is 0 Å². The largest absolute Gasteiger partial charge is 0.344 e. The summed E-state index contributed by atoms with van der Waals surface area (Å²) in [5.41, 5.74) is 0. The third-order valence-corrected chi connectivity index (χ3v) is 5.08. The Bertz CT molecular complexity index is 722. The molecule has 0 fully saturated rings. The van der Waals surface area contributed by atoms with Crippen molar-refractivity contribution in [3.8, 4) is 0 Å². The zero-order valence-corrected chi connectivity index (χ0v) is 12.2. The zero-order valence-electron chi connectivity index (χ0n) is 9.74. The van der Waals surface area contributed by atoms with E-state index in [2.05, 4.69) is 20.5 Å². The van der Waals surface area contributed by atoms with Gasteiger partial charge < -0.3 is 0 Å². The molecule has 0 aromatic carbocycles. The predicted octanol–water partition coefficient (Wildman–Crippen LogP) is 2.30. The third kappa shape index (κ3) is 2.84. The minimum absolute atomic E-state index is 0.00443. The van der Waals surface area contributed by atoms with Crippen LogP contribution in [-0.4, -0.2) is 30.1 Å². The Balaban J connectivity index is 1.77. The molecule has 0 aliphatic carbocycles. The van der Waals surface area contributed by atoms with Gasteiger partial charge in [0.1, 0.15) is 6.20 Å². The van der Waals surface area contributed by atoms with Gasteiger partial charge in [-0.3, -0.25) is 10.1 Å². The van der Waals surface area contributed by atoms with Crippen molar-refractivity contribution in [3.05, 3.63) is 38.7 Å². The molecule has 11 heteroatoms. The normalized spacial score (nSPS) is 10.8. The number of hydrogen-bond donors (Lipinski definition) is 0. The van der Waals surface area contributed by atoms with Crippen molar-refractivity contribution in [1.29, 1.82) is 0 Å². The second kappa shape index (κ2) is 5.64. The van der Waals surface area contributed by atoms with Gasteiger partial charge in [-0.1, -0.05) is 6.07 Å². The first-order valence-electron chi connectivity index (χ1n) is 5.29. The molecule has 0 saturated carbocycles. The molecule has 0 saturated heterocycles. The topological polar surface area (TPSA) is 99.6 Å². The molecule has 0 unspecified atom stereocenters. The maximum Gasteiger partial charge on any atom is 0.344 e. The summed E-state index contributed by atoms with van der Waals surface area (Å²) in [6, 6.07) is 3.95. The van der Waals surface area contributed by atoms with Crippen molar-refractivity contribution in [1.82, 2.24) is 25.2 Å². The van der Waals surface area contributed by atoms with Crippen LogP contribution in [0.4, 0.5) is 5.00 Å². The number of hydrogen-bond acceptors (Lipinski definition) is 9. The molecule has 3 rings (SSSR count). The number of thiazole rings is 1. The maximum atomic E-state index is 10.6. The molecule has 0 spiro atoms. The summed E-state index contributed by atoms with van der Waals surface area (Å²) >= 11 is 3.83. The number of aromatic nitrogens is 5. The van der Waals surface area contributed by atoms with E-state index in [1.54, 1.807) is 16.0 Å². The highest BCUT2D eigenvalue weighted by Gasteiger charge is 2.16. The number of nitro groups is 1. The molecule has 0 radical (unpaired) electrons. The van der Waals surface area contributed by atoms with Crippen LogP contribution in [0.1, 0.15) is 4.88 Å².